The summed E-state index contributed by atoms with van der Waals surface area (Å²) in [4.78, 5) is 41.8. The minimum atomic E-state index is -0.488. The average Bonchev–Trinajstić information content (AvgIpc) is 3.18. The summed E-state index contributed by atoms with van der Waals surface area (Å²) in [5, 5.41) is 7.12. The van der Waals surface area contributed by atoms with Crippen LogP contribution in [0.15, 0.2) is 38.4 Å². The van der Waals surface area contributed by atoms with Crippen LogP contribution in [0.2, 0.25) is 0 Å². The molecule has 0 fully saturated rings. The Hall–Kier alpha value is -3.23. The number of hydrogen-bond acceptors (Lipinski definition) is 6. The first-order chi connectivity index (χ1) is 13.9. The highest BCUT2D eigenvalue weighted by Gasteiger charge is 2.14. The number of rotatable bonds is 8. The lowest BCUT2D eigenvalue weighted by Crippen LogP contribution is -2.42. The van der Waals surface area contributed by atoms with E-state index < -0.39 is 5.69 Å². The van der Waals surface area contributed by atoms with Crippen LogP contribution in [0.25, 0.3) is 10.9 Å². The maximum Gasteiger partial charge on any atom is 0.331 e. The summed E-state index contributed by atoms with van der Waals surface area (Å²) in [6, 6.07) is 6.81. The van der Waals surface area contributed by atoms with Crippen LogP contribution in [-0.4, -0.2) is 31.7 Å². The van der Waals surface area contributed by atoms with Gasteiger partial charge in [0, 0.05) is 25.4 Å². The number of aryl methyl sites for hydroxylation is 1. The second kappa shape index (κ2) is 8.85. The number of hydrogen-bond donors (Lipinski definition) is 1. The van der Waals surface area contributed by atoms with Crippen molar-refractivity contribution < 1.29 is 9.32 Å². The Morgan fingerprint density at radius 1 is 1.21 bits per heavy atom. The molecular weight excluding hydrogens is 374 g/mol. The quantitative estimate of drug-likeness (QED) is 0.574. The predicted molar refractivity (Wildman–Crippen MR) is 108 cm³/mol. The van der Waals surface area contributed by atoms with Gasteiger partial charge in [-0.25, -0.2) is 4.79 Å². The molecule has 9 nitrogen and oxygen atoms in total. The summed E-state index contributed by atoms with van der Waals surface area (Å²) in [5.74, 6) is 1.11. The van der Waals surface area contributed by atoms with E-state index >= 15 is 0 Å². The maximum absolute atomic E-state index is 12.7. The van der Waals surface area contributed by atoms with Crippen molar-refractivity contribution in [3.8, 4) is 0 Å². The molecule has 0 unspecified atom stereocenters. The van der Waals surface area contributed by atoms with Gasteiger partial charge < -0.3 is 9.84 Å². The van der Waals surface area contributed by atoms with Crippen LogP contribution >= 0.6 is 0 Å². The lowest BCUT2D eigenvalue weighted by Gasteiger charge is -2.13. The highest BCUT2D eigenvalue weighted by atomic mass is 16.5. The van der Waals surface area contributed by atoms with E-state index in [2.05, 4.69) is 15.5 Å². The third-order valence-corrected chi connectivity index (χ3v) is 4.64. The highest BCUT2D eigenvalue weighted by molar-refractivity contribution is 5.81. The molecule has 3 rings (SSSR count). The third-order valence-electron chi connectivity index (χ3n) is 4.64. The molecule has 9 heteroatoms. The summed E-state index contributed by atoms with van der Waals surface area (Å²) < 4.78 is 7.65. The number of benzene rings is 1. The molecule has 0 spiro atoms. The van der Waals surface area contributed by atoms with Crippen molar-refractivity contribution in [2.75, 3.05) is 6.54 Å². The van der Waals surface area contributed by atoms with Gasteiger partial charge in [0.25, 0.3) is 5.56 Å². The molecule has 2 aromatic heterocycles. The Bertz CT molecular complexity index is 1130. The number of para-hydroxylation sites is 1. The lowest BCUT2D eigenvalue weighted by molar-refractivity contribution is -0.121. The molecule has 3 aromatic rings. The SMILES string of the molecule is CCn1c(=O)c2ccccc2n(CC(=O)NCCCc2nc(C(C)C)no2)c1=O. The zero-order valence-electron chi connectivity index (χ0n) is 16.8. The van der Waals surface area contributed by atoms with Crippen LogP contribution in [0.3, 0.4) is 0 Å². The third kappa shape index (κ3) is 4.44. The first-order valence-electron chi connectivity index (χ1n) is 9.74. The molecule has 29 heavy (non-hydrogen) atoms. The fourth-order valence-corrected chi connectivity index (χ4v) is 3.07. The van der Waals surface area contributed by atoms with Gasteiger partial charge in [-0.1, -0.05) is 31.1 Å². The molecular formula is C20H25N5O4. The minimum Gasteiger partial charge on any atom is -0.355 e. The van der Waals surface area contributed by atoms with Gasteiger partial charge in [-0.15, -0.1) is 0 Å². The van der Waals surface area contributed by atoms with Gasteiger partial charge >= 0.3 is 5.69 Å². The molecule has 2 heterocycles. The highest BCUT2D eigenvalue weighted by Crippen LogP contribution is 2.10. The number of amides is 1. The van der Waals surface area contributed by atoms with Gasteiger partial charge in [0.1, 0.15) is 6.54 Å². The molecule has 0 aliphatic carbocycles. The average molecular weight is 399 g/mol. The number of carbonyl (C=O) groups excluding carboxylic acids is 1. The van der Waals surface area contributed by atoms with E-state index in [4.69, 9.17) is 4.52 Å². The van der Waals surface area contributed by atoms with Crippen LogP contribution in [-0.2, 0) is 24.3 Å². The standard InChI is InChI=1S/C20H25N5O4/c1-4-24-19(27)14-8-5-6-9-15(14)25(20(24)28)12-16(26)21-11-7-10-17-22-18(13(2)3)23-29-17/h5-6,8-9,13H,4,7,10-12H2,1-3H3,(H,21,26). The van der Waals surface area contributed by atoms with Gasteiger partial charge in [0.05, 0.1) is 10.9 Å². The fraction of sp³-hybridized carbons (Fsp3) is 0.450. The van der Waals surface area contributed by atoms with E-state index in [1.54, 1.807) is 31.2 Å². The topological polar surface area (TPSA) is 112 Å². The Morgan fingerprint density at radius 2 is 1.97 bits per heavy atom. The van der Waals surface area contributed by atoms with E-state index in [-0.39, 0.29) is 30.5 Å². The molecule has 1 amide bonds. The van der Waals surface area contributed by atoms with Gasteiger partial charge in [0.15, 0.2) is 5.82 Å². The number of fused-ring (bicyclic) bond motifs is 1. The fourth-order valence-electron chi connectivity index (χ4n) is 3.07. The smallest absolute Gasteiger partial charge is 0.331 e. The number of nitrogens with one attached hydrogen (secondary N) is 1. The number of carbonyl (C=O) groups is 1. The van der Waals surface area contributed by atoms with Crippen molar-refractivity contribution in [2.45, 2.75) is 52.6 Å². The van der Waals surface area contributed by atoms with Gasteiger partial charge in [0.2, 0.25) is 11.8 Å². The summed E-state index contributed by atoms with van der Waals surface area (Å²) in [6.45, 7) is 6.21. The molecule has 0 bridgehead atoms. The molecule has 1 aromatic carbocycles. The minimum absolute atomic E-state index is 0.155. The molecule has 0 saturated carbocycles. The van der Waals surface area contributed by atoms with E-state index in [0.29, 0.717) is 42.0 Å². The van der Waals surface area contributed by atoms with Crippen molar-refractivity contribution in [1.82, 2.24) is 24.6 Å². The van der Waals surface area contributed by atoms with Crippen molar-refractivity contribution in [3.05, 3.63) is 56.8 Å². The van der Waals surface area contributed by atoms with Crippen LogP contribution in [0.4, 0.5) is 0 Å². The zero-order valence-corrected chi connectivity index (χ0v) is 16.8. The molecule has 0 atom stereocenters. The Morgan fingerprint density at radius 3 is 2.66 bits per heavy atom. The largest absolute Gasteiger partial charge is 0.355 e. The van der Waals surface area contributed by atoms with Crippen LogP contribution in [0.1, 0.15) is 44.8 Å². The second-order valence-corrected chi connectivity index (χ2v) is 7.09. The molecule has 0 radical (unpaired) electrons. The van der Waals surface area contributed by atoms with E-state index in [1.807, 2.05) is 13.8 Å². The summed E-state index contributed by atoms with van der Waals surface area (Å²) in [5.41, 5.74) is -0.377. The summed E-state index contributed by atoms with van der Waals surface area (Å²) in [6.07, 6.45) is 1.19. The Labute approximate surface area is 167 Å². The zero-order chi connectivity index (χ0) is 21.0. The maximum atomic E-state index is 12.7. The Balaban J connectivity index is 1.65. The molecule has 0 aliphatic heterocycles. The van der Waals surface area contributed by atoms with Gasteiger partial charge in [-0.05, 0) is 25.5 Å². The molecule has 154 valence electrons. The van der Waals surface area contributed by atoms with Gasteiger partial charge in [-0.3, -0.25) is 18.7 Å². The van der Waals surface area contributed by atoms with Gasteiger partial charge in [-0.2, -0.15) is 4.98 Å². The van der Waals surface area contributed by atoms with E-state index in [9.17, 15) is 14.4 Å². The van der Waals surface area contributed by atoms with Crippen molar-refractivity contribution in [1.29, 1.82) is 0 Å². The lowest BCUT2D eigenvalue weighted by atomic mass is 10.2. The summed E-state index contributed by atoms with van der Waals surface area (Å²) in [7, 11) is 0. The monoisotopic (exact) mass is 399 g/mol. The second-order valence-electron chi connectivity index (χ2n) is 7.09. The Kier molecular flexibility index (Phi) is 6.26. The predicted octanol–water partition coefficient (Wildman–Crippen LogP) is 1.44. The number of aromatic nitrogens is 4. The van der Waals surface area contributed by atoms with Crippen molar-refractivity contribution in [2.24, 2.45) is 0 Å². The normalized spacial score (nSPS) is 11.3. The van der Waals surface area contributed by atoms with Crippen LogP contribution in [0.5, 0.6) is 0 Å². The first-order valence-corrected chi connectivity index (χ1v) is 9.74. The number of nitrogens with zero attached hydrogens (tertiary/aromatic N) is 4. The first kappa shape index (κ1) is 20.5. The molecule has 0 saturated heterocycles. The molecule has 0 aliphatic rings. The van der Waals surface area contributed by atoms with Crippen LogP contribution < -0.4 is 16.6 Å². The van der Waals surface area contributed by atoms with E-state index in [1.165, 1.54) is 4.57 Å². The van der Waals surface area contributed by atoms with E-state index in [0.717, 1.165) is 4.57 Å². The molecule has 1 N–H and O–H groups in total. The van der Waals surface area contributed by atoms with Crippen molar-refractivity contribution in [3.63, 3.8) is 0 Å². The van der Waals surface area contributed by atoms with Crippen molar-refractivity contribution >= 4 is 16.8 Å². The van der Waals surface area contributed by atoms with Crippen LogP contribution in [0, 0.1) is 0 Å². The summed E-state index contributed by atoms with van der Waals surface area (Å²) >= 11 is 0.